The molecule has 0 heterocycles. The highest BCUT2D eigenvalue weighted by atomic mass is 35.5. The first-order valence-corrected chi connectivity index (χ1v) is 4.58. The minimum atomic E-state index is 0.194. The van der Waals surface area contributed by atoms with Gasteiger partial charge in [0.2, 0.25) is 0 Å². The summed E-state index contributed by atoms with van der Waals surface area (Å²) in [6.45, 7) is 4.52. The van der Waals surface area contributed by atoms with Gasteiger partial charge < -0.3 is 10.4 Å². The Kier molecular flexibility index (Phi) is 3.17. The standard InChI is InChI=1S/C10H14ClNO/c1-6-4-8(5-12-3)10(13)9(11)7(6)2/h4,12-13H,5H2,1-3H3. The van der Waals surface area contributed by atoms with Crippen LogP contribution < -0.4 is 5.32 Å². The van der Waals surface area contributed by atoms with Crippen LogP contribution in [0.5, 0.6) is 5.75 Å². The molecular formula is C10H14ClNO. The molecule has 0 fully saturated rings. The summed E-state index contributed by atoms with van der Waals surface area (Å²) in [7, 11) is 1.84. The van der Waals surface area contributed by atoms with Gasteiger partial charge in [-0.15, -0.1) is 0 Å². The van der Waals surface area contributed by atoms with Crippen LogP contribution in [0.1, 0.15) is 16.7 Å². The molecule has 0 bridgehead atoms. The van der Waals surface area contributed by atoms with Gasteiger partial charge >= 0.3 is 0 Å². The van der Waals surface area contributed by atoms with Crippen molar-refractivity contribution in [3.63, 3.8) is 0 Å². The zero-order chi connectivity index (χ0) is 10.0. The number of phenols is 1. The molecule has 1 aromatic carbocycles. The number of aryl methyl sites for hydroxylation is 1. The van der Waals surface area contributed by atoms with Crippen molar-refractivity contribution in [1.82, 2.24) is 5.32 Å². The van der Waals surface area contributed by atoms with E-state index >= 15 is 0 Å². The fourth-order valence-electron chi connectivity index (χ4n) is 1.25. The Labute approximate surface area is 83.5 Å². The summed E-state index contributed by atoms with van der Waals surface area (Å²) in [6.07, 6.45) is 0. The first-order chi connectivity index (χ1) is 6.07. The summed E-state index contributed by atoms with van der Waals surface area (Å²) in [5.41, 5.74) is 2.89. The van der Waals surface area contributed by atoms with Gasteiger partial charge in [-0.05, 0) is 32.0 Å². The third-order valence-corrected chi connectivity index (χ3v) is 2.65. The lowest BCUT2D eigenvalue weighted by atomic mass is 10.0. The Hall–Kier alpha value is -0.730. The van der Waals surface area contributed by atoms with E-state index in [1.54, 1.807) is 0 Å². The average Bonchev–Trinajstić information content (AvgIpc) is 2.11. The number of benzene rings is 1. The van der Waals surface area contributed by atoms with E-state index in [1.165, 1.54) is 0 Å². The zero-order valence-corrected chi connectivity index (χ0v) is 8.87. The minimum Gasteiger partial charge on any atom is -0.506 e. The SMILES string of the molecule is CNCc1cc(C)c(C)c(Cl)c1O. The Morgan fingerprint density at radius 3 is 2.62 bits per heavy atom. The molecule has 0 aromatic heterocycles. The zero-order valence-electron chi connectivity index (χ0n) is 8.11. The maximum atomic E-state index is 9.66. The molecule has 0 saturated carbocycles. The Morgan fingerprint density at radius 1 is 1.46 bits per heavy atom. The molecule has 0 unspecified atom stereocenters. The number of halogens is 1. The highest BCUT2D eigenvalue weighted by Gasteiger charge is 2.09. The van der Waals surface area contributed by atoms with Gasteiger partial charge in [0.1, 0.15) is 5.75 Å². The third-order valence-electron chi connectivity index (χ3n) is 2.19. The summed E-state index contributed by atoms with van der Waals surface area (Å²) in [5.74, 6) is 0.194. The molecule has 2 N–H and O–H groups in total. The molecule has 13 heavy (non-hydrogen) atoms. The molecular weight excluding hydrogens is 186 g/mol. The lowest BCUT2D eigenvalue weighted by Crippen LogP contribution is -2.06. The van der Waals surface area contributed by atoms with Crippen LogP contribution in [0.25, 0.3) is 0 Å². The molecule has 2 nitrogen and oxygen atoms in total. The van der Waals surface area contributed by atoms with Crippen LogP contribution in [0.2, 0.25) is 5.02 Å². The van der Waals surface area contributed by atoms with Gasteiger partial charge in [-0.3, -0.25) is 0 Å². The lowest BCUT2D eigenvalue weighted by Gasteiger charge is -2.10. The second-order valence-corrected chi connectivity index (χ2v) is 3.55. The van der Waals surface area contributed by atoms with E-state index < -0.39 is 0 Å². The van der Waals surface area contributed by atoms with Gasteiger partial charge in [-0.1, -0.05) is 17.7 Å². The van der Waals surface area contributed by atoms with Crippen LogP contribution in [-0.4, -0.2) is 12.2 Å². The van der Waals surface area contributed by atoms with Gasteiger partial charge in [0.25, 0.3) is 0 Å². The van der Waals surface area contributed by atoms with Gasteiger partial charge in [0, 0.05) is 12.1 Å². The molecule has 0 aliphatic rings. The number of phenolic OH excluding ortho intramolecular Hbond substituents is 1. The van der Waals surface area contributed by atoms with Crippen molar-refractivity contribution in [2.75, 3.05) is 7.05 Å². The quantitative estimate of drug-likeness (QED) is 0.767. The average molecular weight is 200 g/mol. The maximum absolute atomic E-state index is 9.66. The van der Waals surface area contributed by atoms with Crippen molar-refractivity contribution in [2.24, 2.45) is 0 Å². The minimum absolute atomic E-state index is 0.194. The summed E-state index contributed by atoms with van der Waals surface area (Å²) in [6, 6.07) is 1.95. The second kappa shape index (κ2) is 3.99. The van der Waals surface area contributed by atoms with Crippen LogP contribution in [0.3, 0.4) is 0 Å². The molecule has 0 spiro atoms. The number of hydrogen-bond acceptors (Lipinski definition) is 2. The largest absolute Gasteiger partial charge is 0.506 e. The number of nitrogens with one attached hydrogen (secondary N) is 1. The van der Waals surface area contributed by atoms with Crippen LogP contribution in [0, 0.1) is 13.8 Å². The van der Waals surface area contributed by atoms with Crippen LogP contribution in [-0.2, 0) is 6.54 Å². The number of hydrogen-bond donors (Lipinski definition) is 2. The van der Waals surface area contributed by atoms with Crippen molar-refractivity contribution >= 4 is 11.6 Å². The van der Waals surface area contributed by atoms with Gasteiger partial charge in [0.15, 0.2) is 0 Å². The fourth-order valence-corrected chi connectivity index (χ4v) is 1.53. The summed E-state index contributed by atoms with van der Waals surface area (Å²) in [4.78, 5) is 0. The second-order valence-electron chi connectivity index (χ2n) is 3.17. The first kappa shape index (κ1) is 10.4. The van der Waals surface area contributed by atoms with Crippen LogP contribution in [0.15, 0.2) is 6.07 Å². The Bertz CT molecular complexity index is 323. The Morgan fingerprint density at radius 2 is 2.08 bits per heavy atom. The van der Waals surface area contributed by atoms with Gasteiger partial charge in [0.05, 0.1) is 5.02 Å². The summed E-state index contributed by atoms with van der Waals surface area (Å²) in [5, 5.41) is 13.1. The molecule has 0 saturated heterocycles. The van der Waals surface area contributed by atoms with E-state index in [0.29, 0.717) is 11.6 Å². The van der Waals surface area contributed by atoms with Crippen molar-refractivity contribution in [3.8, 4) is 5.75 Å². The van der Waals surface area contributed by atoms with Crippen molar-refractivity contribution < 1.29 is 5.11 Å². The van der Waals surface area contributed by atoms with Gasteiger partial charge in [-0.25, -0.2) is 0 Å². The van der Waals surface area contributed by atoms with E-state index in [1.807, 2.05) is 27.0 Å². The van der Waals surface area contributed by atoms with E-state index in [9.17, 15) is 5.11 Å². The molecule has 72 valence electrons. The maximum Gasteiger partial charge on any atom is 0.138 e. The predicted molar refractivity (Wildman–Crippen MR) is 55.4 cm³/mol. The van der Waals surface area contributed by atoms with E-state index in [0.717, 1.165) is 16.7 Å². The van der Waals surface area contributed by atoms with Crippen LogP contribution in [0.4, 0.5) is 0 Å². The molecule has 0 aliphatic heterocycles. The monoisotopic (exact) mass is 199 g/mol. The smallest absolute Gasteiger partial charge is 0.138 e. The van der Waals surface area contributed by atoms with E-state index in [-0.39, 0.29) is 5.75 Å². The van der Waals surface area contributed by atoms with E-state index in [4.69, 9.17) is 11.6 Å². The molecule has 0 amide bonds. The van der Waals surface area contributed by atoms with Crippen molar-refractivity contribution in [2.45, 2.75) is 20.4 Å². The first-order valence-electron chi connectivity index (χ1n) is 4.20. The Balaban J connectivity index is 3.24. The molecule has 0 aliphatic carbocycles. The van der Waals surface area contributed by atoms with Gasteiger partial charge in [-0.2, -0.15) is 0 Å². The topological polar surface area (TPSA) is 32.3 Å². The normalized spacial score (nSPS) is 10.5. The highest BCUT2D eigenvalue weighted by molar-refractivity contribution is 6.33. The van der Waals surface area contributed by atoms with Crippen LogP contribution >= 0.6 is 11.6 Å². The highest BCUT2D eigenvalue weighted by Crippen LogP contribution is 2.32. The fraction of sp³-hybridized carbons (Fsp3) is 0.400. The molecule has 1 aromatic rings. The molecule has 0 atom stereocenters. The molecule has 0 radical (unpaired) electrons. The van der Waals surface area contributed by atoms with Crippen molar-refractivity contribution in [1.29, 1.82) is 0 Å². The lowest BCUT2D eigenvalue weighted by molar-refractivity contribution is 0.465. The molecule has 1 rings (SSSR count). The summed E-state index contributed by atoms with van der Waals surface area (Å²) < 4.78 is 0. The van der Waals surface area contributed by atoms with E-state index in [2.05, 4.69) is 5.32 Å². The number of rotatable bonds is 2. The third kappa shape index (κ3) is 1.95. The van der Waals surface area contributed by atoms with Crippen molar-refractivity contribution in [3.05, 3.63) is 27.8 Å². The molecule has 3 heteroatoms. The predicted octanol–water partition coefficient (Wildman–Crippen LogP) is 2.38. The summed E-state index contributed by atoms with van der Waals surface area (Å²) >= 11 is 5.95. The number of aromatic hydroxyl groups is 1.